The number of hydrogen-bond acceptors (Lipinski definition) is 5. The van der Waals surface area contributed by atoms with Gasteiger partial charge in [-0.2, -0.15) is 0 Å². The molecule has 5 nitrogen and oxygen atoms in total. The average Bonchev–Trinajstić information content (AvgIpc) is 3.00. The van der Waals surface area contributed by atoms with Gasteiger partial charge in [0.15, 0.2) is 11.5 Å². The van der Waals surface area contributed by atoms with Crippen molar-refractivity contribution in [3.8, 4) is 17.2 Å². The Hall–Kier alpha value is -3.86. The Bertz CT molecular complexity index is 1270. The average molecular weight is 589 g/mol. The molecule has 43 heavy (non-hydrogen) atoms. The van der Waals surface area contributed by atoms with E-state index >= 15 is 0 Å². The van der Waals surface area contributed by atoms with Crippen LogP contribution in [0.25, 0.3) is 18.2 Å². The van der Waals surface area contributed by atoms with Crippen molar-refractivity contribution in [2.75, 3.05) is 28.4 Å². The Morgan fingerprint density at radius 2 is 1.53 bits per heavy atom. The van der Waals surface area contributed by atoms with Crippen LogP contribution >= 0.6 is 0 Å². The largest absolute Gasteiger partial charge is 0.501 e. The van der Waals surface area contributed by atoms with Gasteiger partial charge in [0, 0.05) is 6.42 Å². The number of benzene rings is 2. The lowest BCUT2D eigenvalue weighted by Gasteiger charge is -2.17. The number of methoxy groups -OCH3 is 4. The molecule has 2 rings (SSSR count). The number of aryl methyl sites for hydroxylation is 1. The minimum absolute atomic E-state index is 0.00659. The van der Waals surface area contributed by atoms with Gasteiger partial charge < -0.3 is 23.7 Å². The summed E-state index contributed by atoms with van der Waals surface area (Å²) < 4.78 is 28.3. The lowest BCUT2D eigenvalue weighted by atomic mass is 9.94. The van der Waals surface area contributed by atoms with Gasteiger partial charge in [-0.1, -0.05) is 88.6 Å². The zero-order valence-corrected chi connectivity index (χ0v) is 27.8. The molecule has 2 aromatic rings. The lowest BCUT2D eigenvalue weighted by molar-refractivity contribution is 0.218. The highest BCUT2D eigenvalue weighted by Gasteiger charge is 2.15. The molecule has 0 aromatic heterocycles. The van der Waals surface area contributed by atoms with Gasteiger partial charge in [-0.3, -0.25) is 0 Å². The summed E-state index contributed by atoms with van der Waals surface area (Å²) in [6.07, 6.45) is 18.1. The van der Waals surface area contributed by atoms with Crippen LogP contribution < -0.4 is 14.2 Å². The number of unbranched alkanes of at least 4 members (excludes halogenated alkanes) is 1. The molecule has 0 spiro atoms. The van der Waals surface area contributed by atoms with Crippen LogP contribution in [0.1, 0.15) is 82.1 Å². The summed E-state index contributed by atoms with van der Waals surface area (Å²) in [6, 6.07) is 10.3. The number of ether oxygens (including phenoxy) is 5. The molecule has 5 heteroatoms. The van der Waals surface area contributed by atoms with Crippen molar-refractivity contribution in [2.24, 2.45) is 5.92 Å². The second-order valence-corrected chi connectivity index (χ2v) is 11.0. The van der Waals surface area contributed by atoms with Crippen LogP contribution in [-0.4, -0.2) is 34.5 Å². The summed E-state index contributed by atoms with van der Waals surface area (Å²) in [5.74, 6) is 4.07. The predicted molar refractivity (Wildman–Crippen MR) is 182 cm³/mol. The fraction of sp³-hybridized carbons (Fsp3) is 0.421. The quantitative estimate of drug-likeness (QED) is 0.0985. The third-order valence-corrected chi connectivity index (χ3v) is 7.27. The SMILES string of the molecule is C=C(/C=C(/C=C/c1ccc(/C=C/c2cc(OC)c(OC(C)C)c(OC)c2)cc1C)\C=C(/CC(CC)CCCC)OC)OC. The summed E-state index contributed by atoms with van der Waals surface area (Å²) in [7, 11) is 6.66. The van der Waals surface area contributed by atoms with Gasteiger partial charge in [-0.15, -0.1) is 0 Å². The Kier molecular flexibility index (Phi) is 15.3. The maximum Gasteiger partial charge on any atom is 0.203 e. The molecule has 0 saturated carbocycles. The molecule has 0 saturated heterocycles. The fourth-order valence-electron chi connectivity index (χ4n) is 4.71. The van der Waals surface area contributed by atoms with Gasteiger partial charge in [0.25, 0.3) is 0 Å². The molecule has 0 aliphatic heterocycles. The molecule has 0 aliphatic carbocycles. The number of rotatable bonds is 18. The summed E-state index contributed by atoms with van der Waals surface area (Å²) >= 11 is 0. The van der Waals surface area contributed by atoms with E-state index in [0.29, 0.717) is 28.9 Å². The van der Waals surface area contributed by atoms with Gasteiger partial charge in [0.05, 0.1) is 40.3 Å². The minimum Gasteiger partial charge on any atom is -0.501 e. The minimum atomic E-state index is 0.00659. The summed E-state index contributed by atoms with van der Waals surface area (Å²) in [6.45, 7) is 14.6. The molecule has 0 amide bonds. The van der Waals surface area contributed by atoms with Crippen molar-refractivity contribution in [3.63, 3.8) is 0 Å². The van der Waals surface area contributed by atoms with Gasteiger partial charge >= 0.3 is 0 Å². The normalized spacial score (nSPS) is 13.1. The van der Waals surface area contributed by atoms with Crippen LogP contribution in [0.15, 0.2) is 72.2 Å². The topological polar surface area (TPSA) is 46.2 Å². The Morgan fingerprint density at radius 1 is 0.860 bits per heavy atom. The molecule has 0 heterocycles. The van der Waals surface area contributed by atoms with Crippen LogP contribution in [0, 0.1) is 12.8 Å². The van der Waals surface area contributed by atoms with E-state index in [1.54, 1.807) is 28.4 Å². The zero-order chi connectivity index (χ0) is 31.8. The summed E-state index contributed by atoms with van der Waals surface area (Å²) in [5.41, 5.74) is 5.33. The van der Waals surface area contributed by atoms with Gasteiger partial charge in [-0.25, -0.2) is 0 Å². The molecule has 0 fully saturated rings. The highest BCUT2D eigenvalue weighted by Crippen LogP contribution is 2.39. The maximum atomic E-state index is 5.93. The van der Waals surface area contributed by atoms with Gasteiger partial charge in [0.2, 0.25) is 5.75 Å². The second kappa shape index (κ2) is 18.6. The van der Waals surface area contributed by atoms with E-state index in [0.717, 1.165) is 40.9 Å². The van der Waals surface area contributed by atoms with Crippen molar-refractivity contribution < 1.29 is 23.7 Å². The van der Waals surface area contributed by atoms with E-state index in [-0.39, 0.29) is 6.10 Å². The molecule has 0 N–H and O–H groups in total. The van der Waals surface area contributed by atoms with Crippen molar-refractivity contribution >= 4 is 18.2 Å². The van der Waals surface area contributed by atoms with E-state index in [1.807, 2.05) is 38.1 Å². The fourth-order valence-corrected chi connectivity index (χ4v) is 4.71. The van der Waals surface area contributed by atoms with E-state index < -0.39 is 0 Å². The van der Waals surface area contributed by atoms with E-state index in [4.69, 9.17) is 23.7 Å². The Labute approximate surface area is 260 Å². The van der Waals surface area contributed by atoms with Gasteiger partial charge in [0.1, 0.15) is 5.76 Å². The highest BCUT2D eigenvalue weighted by atomic mass is 16.5. The Balaban J connectivity index is 2.31. The smallest absolute Gasteiger partial charge is 0.203 e. The zero-order valence-electron chi connectivity index (χ0n) is 27.8. The van der Waals surface area contributed by atoms with Crippen molar-refractivity contribution in [3.05, 3.63) is 94.5 Å². The summed E-state index contributed by atoms with van der Waals surface area (Å²) in [5, 5.41) is 0. The third kappa shape index (κ3) is 11.7. The molecular weight excluding hydrogens is 536 g/mol. The Morgan fingerprint density at radius 3 is 2.07 bits per heavy atom. The van der Waals surface area contributed by atoms with Crippen LogP contribution in [0.5, 0.6) is 17.2 Å². The standard InChI is InChI=1S/C38H52O5/c1-11-13-14-30(12-2)23-35(40-8)24-32(22-29(6)39-7)18-20-34-19-17-31(21-28(34)5)15-16-33-25-36(41-9)38(43-27(3)4)37(26-33)42-10/h15-22,24-27,30H,6,11-14,23H2,1-5,7-10H3/b16-15+,20-18+,32-22-,35-24+. The lowest BCUT2D eigenvalue weighted by Crippen LogP contribution is -2.08. The van der Waals surface area contributed by atoms with E-state index in [9.17, 15) is 0 Å². The number of allylic oxidation sites excluding steroid dienone is 5. The molecule has 234 valence electrons. The predicted octanol–water partition coefficient (Wildman–Crippen LogP) is 10.2. The highest BCUT2D eigenvalue weighted by molar-refractivity contribution is 5.74. The molecule has 0 radical (unpaired) electrons. The van der Waals surface area contributed by atoms with Crippen molar-refractivity contribution in [2.45, 2.75) is 72.8 Å². The first-order valence-corrected chi connectivity index (χ1v) is 15.3. The van der Waals surface area contributed by atoms with Crippen LogP contribution in [0.2, 0.25) is 0 Å². The first-order valence-electron chi connectivity index (χ1n) is 15.3. The molecule has 0 aliphatic rings. The van der Waals surface area contributed by atoms with E-state index in [2.05, 4.69) is 69.9 Å². The monoisotopic (exact) mass is 588 g/mol. The van der Waals surface area contributed by atoms with Crippen molar-refractivity contribution in [1.29, 1.82) is 0 Å². The first kappa shape index (κ1) is 35.3. The molecule has 1 atom stereocenters. The maximum absolute atomic E-state index is 5.93. The molecular formula is C38H52O5. The van der Waals surface area contributed by atoms with Crippen LogP contribution in [0.3, 0.4) is 0 Å². The first-order chi connectivity index (χ1) is 20.7. The number of hydrogen-bond donors (Lipinski definition) is 0. The summed E-state index contributed by atoms with van der Waals surface area (Å²) in [4.78, 5) is 0. The van der Waals surface area contributed by atoms with Crippen molar-refractivity contribution in [1.82, 2.24) is 0 Å². The van der Waals surface area contributed by atoms with E-state index in [1.165, 1.54) is 24.8 Å². The molecule has 0 bridgehead atoms. The second-order valence-electron chi connectivity index (χ2n) is 11.0. The molecule has 2 aromatic carbocycles. The molecule has 1 unspecified atom stereocenters. The third-order valence-electron chi connectivity index (χ3n) is 7.27. The van der Waals surface area contributed by atoms with Crippen LogP contribution in [0.4, 0.5) is 0 Å². The van der Waals surface area contributed by atoms with Gasteiger partial charge in [-0.05, 0) is 78.8 Å². The van der Waals surface area contributed by atoms with Crippen LogP contribution in [-0.2, 0) is 9.47 Å².